The zero-order valence-electron chi connectivity index (χ0n) is 15.4. The standard InChI is InChI=1S/C18H28N2O4/c1-7-20(18(4,5)6)17(22)16(21)19-13-10-11-14(23-8-2)15(12-13)24-9-3/h10-12H,7-9H2,1-6H3,(H,19,21). The van der Waals surface area contributed by atoms with Crippen LogP contribution < -0.4 is 14.8 Å². The summed E-state index contributed by atoms with van der Waals surface area (Å²) < 4.78 is 11.0. The minimum atomic E-state index is -0.668. The Bertz CT molecular complexity index is 579. The van der Waals surface area contributed by atoms with E-state index in [9.17, 15) is 9.59 Å². The molecule has 1 N–H and O–H groups in total. The number of hydrogen-bond donors (Lipinski definition) is 1. The van der Waals surface area contributed by atoms with E-state index in [1.807, 2.05) is 41.5 Å². The Balaban J connectivity index is 2.93. The Hall–Kier alpha value is -2.24. The summed E-state index contributed by atoms with van der Waals surface area (Å²) in [5.41, 5.74) is 0.0728. The maximum atomic E-state index is 12.4. The highest BCUT2D eigenvalue weighted by atomic mass is 16.5. The number of nitrogens with zero attached hydrogens (tertiary/aromatic N) is 1. The van der Waals surface area contributed by atoms with E-state index in [-0.39, 0.29) is 0 Å². The molecule has 1 aromatic rings. The average molecular weight is 336 g/mol. The summed E-state index contributed by atoms with van der Waals surface area (Å²) in [4.78, 5) is 26.2. The minimum absolute atomic E-state index is 0.418. The first kappa shape index (κ1) is 19.8. The third-order valence-electron chi connectivity index (χ3n) is 3.37. The lowest BCUT2D eigenvalue weighted by Gasteiger charge is -2.34. The van der Waals surface area contributed by atoms with Gasteiger partial charge in [-0.05, 0) is 53.7 Å². The van der Waals surface area contributed by atoms with Crippen molar-refractivity contribution in [3.63, 3.8) is 0 Å². The van der Waals surface area contributed by atoms with Crippen molar-refractivity contribution in [1.82, 2.24) is 4.90 Å². The van der Waals surface area contributed by atoms with Crippen molar-refractivity contribution in [3.05, 3.63) is 18.2 Å². The van der Waals surface area contributed by atoms with Crippen molar-refractivity contribution < 1.29 is 19.1 Å². The second-order valence-corrected chi connectivity index (χ2v) is 6.20. The van der Waals surface area contributed by atoms with E-state index < -0.39 is 17.4 Å². The fourth-order valence-electron chi connectivity index (χ4n) is 2.36. The number of likely N-dealkylation sites (N-methyl/N-ethyl adjacent to an activating group) is 1. The van der Waals surface area contributed by atoms with Gasteiger partial charge >= 0.3 is 11.8 Å². The quantitative estimate of drug-likeness (QED) is 0.811. The molecule has 0 aliphatic heterocycles. The fourth-order valence-corrected chi connectivity index (χ4v) is 2.36. The number of carbonyl (C=O) groups is 2. The Morgan fingerprint density at radius 3 is 2.12 bits per heavy atom. The minimum Gasteiger partial charge on any atom is -0.490 e. The molecule has 0 heterocycles. The van der Waals surface area contributed by atoms with E-state index >= 15 is 0 Å². The van der Waals surface area contributed by atoms with E-state index in [2.05, 4.69) is 5.32 Å². The lowest BCUT2D eigenvalue weighted by molar-refractivity contribution is -0.146. The van der Waals surface area contributed by atoms with E-state index in [0.29, 0.717) is 36.9 Å². The van der Waals surface area contributed by atoms with E-state index in [4.69, 9.17) is 9.47 Å². The molecule has 0 bridgehead atoms. The van der Waals surface area contributed by atoms with E-state index in [1.165, 1.54) is 4.90 Å². The van der Waals surface area contributed by atoms with Crippen LogP contribution >= 0.6 is 0 Å². The smallest absolute Gasteiger partial charge is 0.313 e. The Labute approximate surface area is 144 Å². The molecule has 0 unspecified atom stereocenters. The van der Waals surface area contributed by atoms with Crippen LogP contribution in [0.1, 0.15) is 41.5 Å². The third kappa shape index (κ3) is 5.15. The molecule has 0 radical (unpaired) electrons. The highest BCUT2D eigenvalue weighted by molar-refractivity contribution is 6.39. The van der Waals surface area contributed by atoms with Crippen molar-refractivity contribution in [1.29, 1.82) is 0 Å². The number of amides is 2. The number of ether oxygens (including phenoxy) is 2. The van der Waals surface area contributed by atoms with Crippen molar-refractivity contribution >= 4 is 17.5 Å². The zero-order valence-corrected chi connectivity index (χ0v) is 15.4. The molecular weight excluding hydrogens is 308 g/mol. The zero-order chi connectivity index (χ0) is 18.3. The van der Waals surface area contributed by atoms with Gasteiger partial charge in [-0.3, -0.25) is 9.59 Å². The second-order valence-electron chi connectivity index (χ2n) is 6.20. The van der Waals surface area contributed by atoms with Crippen molar-refractivity contribution in [2.24, 2.45) is 0 Å². The van der Waals surface area contributed by atoms with Gasteiger partial charge < -0.3 is 19.7 Å². The molecule has 1 rings (SSSR count). The van der Waals surface area contributed by atoms with Gasteiger partial charge in [-0.15, -0.1) is 0 Å². The van der Waals surface area contributed by atoms with Crippen LogP contribution in [0.25, 0.3) is 0 Å². The SMILES string of the molecule is CCOc1ccc(NC(=O)C(=O)N(CC)C(C)(C)C)cc1OCC. The third-order valence-corrected chi connectivity index (χ3v) is 3.37. The number of rotatable bonds is 6. The maximum absolute atomic E-state index is 12.4. The van der Waals surface area contributed by atoms with Gasteiger partial charge in [0.1, 0.15) is 0 Å². The Kier molecular flexibility index (Phi) is 7.07. The predicted octanol–water partition coefficient (Wildman–Crippen LogP) is 3.07. The van der Waals surface area contributed by atoms with Crippen LogP contribution in [-0.4, -0.2) is 42.0 Å². The summed E-state index contributed by atoms with van der Waals surface area (Å²) in [5, 5.41) is 2.63. The maximum Gasteiger partial charge on any atom is 0.313 e. The predicted molar refractivity (Wildman–Crippen MR) is 94.5 cm³/mol. The molecule has 24 heavy (non-hydrogen) atoms. The van der Waals surface area contributed by atoms with Crippen LogP contribution in [0.15, 0.2) is 18.2 Å². The summed E-state index contributed by atoms with van der Waals surface area (Å²) in [6.45, 7) is 12.7. The van der Waals surface area contributed by atoms with Gasteiger partial charge in [0, 0.05) is 23.8 Å². The Morgan fingerprint density at radius 2 is 1.62 bits per heavy atom. The summed E-state index contributed by atoms with van der Waals surface area (Å²) >= 11 is 0. The molecule has 134 valence electrons. The summed E-state index contributed by atoms with van der Waals surface area (Å²) in [5.74, 6) is -0.0865. The first-order chi connectivity index (χ1) is 11.2. The van der Waals surface area contributed by atoms with Gasteiger partial charge in [0.25, 0.3) is 0 Å². The Morgan fingerprint density at radius 1 is 1.04 bits per heavy atom. The molecule has 6 nitrogen and oxygen atoms in total. The van der Waals surface area contributed by atoms with Crippen molar-refractivity contribution in [3.8, 4) is 11.5 Å². The van der Waals surface area contributed by atoms with Crippen LogP contribution in [0.5, 0.6) is 11.5 Å². The van der Waals surface area contributed by atoms with Crippen LogP contribution in [-0.2, 0) is 9.59 Å². The molecule has 0 spiro atoms. The first-order valence-electron chi connectivity index (χ1n) is 8.27. The molecule has 0 aromatic heterocycles. The van der Waals surface area contributed by atoms with E-state index in [1.54, 1.807) is 18.2 Å². The number of anilines is 1. The molecule has 2 amide bonds. The van der Waals surface area contributed by atoms with Gasteiger partial charge in [-0.1, -0.05) is 0 Å². The number of carbonyl (C=O) groups excluding carboxylic acids is 2. The normalized spacial score (nSPS) is 10.9. The molecule has 1 aromatic carbocycles. The lowest BCUT2D eigenvalue weighted by atomic mass is 10.1. The highest BCUT2D eigenvalue weighted by Gasteiger charge is 2.29. The van der Waals surface area contributed by atoms with Gasteiger partial charge in [-0.25, -0.2) is 0 Å². The number of hydrogen-bond acceptors (Lipinski definition) is 4. The highest BCUT2D eigenvalue weighted by Crippen LogP contribution is 2.30. The largest absolute Gasteiger partial charge is 0.490 e. The summed E-state index contributed by atoms with van der Waals surface area (Å²) in [7, 11) is 0. The van der Waals surface area contributed by atoms with Crippen LogP contribution in [0.3, 0.4) is 0 Å². The molecular formula is C18H28N2O4. The van der Waals surface area contributed by atoms with E-state index in [0.717, 1.165) is 0 Å². The van der Waals surface area contributed by atoms with Crippen LogP contribution in [0.2, 0.25) is 0 Å². The first-order valence-corrected chi connectivity index (χ1v) is 8.27. The topological polar surface area (TPSA) is 67.9 Å². The van der Waals surface area contributed by atoms with Gasteiger partial charge in [0.15, 0.2) is 11.5 Å². The second kappa shape index (κ2) is 8.57. The fraction of sp³-hybridized carbons (Fsp3) is 0.556. The number of benzene rings is 1. The molecule has 0 atom stereocenters. The summed E-state index contributed by atoms with van der Waals surface area (Å²) in [6, 6.07) is 5.06. The van der Waals surface area contributed by atoms with Gasteiger partial charge in [-0.2, -0.15) is 0 Å². The monoisotopic (exact) mass is 336 g/mol. The van der Waals surface area contributed by atoms with Gasteiger partial charge in [0.05, 0.1) is 13.2 Å². The van der Waals surface area contributed by atoms with Crippen molar-refractivity contribution in [2.75, 3.05) is 25.1 Å². The van der Waals surface area contributed by atoms with Crippen LogP contribution in [0.4, 0.5) is 5.69 Å². The lowest BCUT2D eigenvalue weighted by Crippen LogP contribution is -2.49. The molecule has 0 aliphatic rings. The average Bonchev–Trinajstić information content (AvgIpc) is 2.49. The molecule has 0 aliphatic carbocycles. The number of nitrogens with one attached hydrogen (secondary N) is 1. The van der Waals surface area contributed by atoms with Crippen LogP contribution in [0, 0.1) is 0 Å². The summed E-state index contributed by atoms with van der Waals surface area (Å²) in [6.07, 6.45) is 0. The van der Waals surface area contributed by atoms with Crippen molar-refractivity contribution in [2.45, 2.75) is 47.1 Å². The molecule has 0 saturated heterocycles. The molecule has 0 fully saturated rings. The molecule has 6 heteroatoms. The molecule has 0 saturated carbocycles. The van der Waals surface area contributed by atoms with Gasteiger partial charge in [0.2, 0.25) is 0 Å².